The Kier molecular flexibility index (Phi) is 7.85. The van der Waals surface area contributed by atoms with Crippen molar-refractivity contribution in [2.75, 3.05) is 11.9 Å². The van der Waals surface area contributed by atoms with E-state index in [1.165, 1.54) is 18.2 Å². The standard InChI is InChI=1S/C27H31F3N2O6S/c1-26(2,35)14-31-23(33)13-27(36)16-6-7-17(27)10-20(9-16)39(37,38)19-5-3-4-15(8-19)25(34)32-18-11-21(28)24(30)22(29)12-18/h3-5,8,11-12,16-17,20,35-36H,6-7,9-10,13-14H2,1-2H3,(H,31,33)(H,32,34)/t16-,17?,20?,27?/m0/s1. The van der Waals surface area contributed by atoms with Crippen LogP contribution >= 0.6 is 0 Å². The van der Waals surface area contributed by atoms with E-state index in [1.54, 1.807) is 13.8 Å². The average molecular weight is 569 g/mol. The molecule has 4 rings (SSSR count). The molecule has 4 N–H and O–H groups in total. The molecule has 2 saturated carbocycles. The van der Waals surface area contributed by atoms with Gasteiger partial charge in [0.2, 0.25) is 5.91 Å². The van der Waals surface area contributed by atoms with E-state index in [0.29, 0.717) is 25.0 Å². The lowest BCUT2D eigenvalue weighted by Gasteiger charge is -2.42. The maximum Gasteiger partial charge on any atom is 0.255 e. The van der Waals surface area contributed by atoms with Crippen LogP contribution < -0.4 is 10.6 Å². The van der Waals surface area contributed by atoms with E-state index < -0.39 is 67.4 Å². The Hall–Kier alpha value is -2.96. The second kappa shape index (κ2) is 10.5. The molecule has 2 aliphatic carbocycles. The Morgan fingerprint density at radius 2 is 1.64 bits per heavy atom. The Morgan fingerprint density at radius 3 is 2.21 bits per heavy atom. The highest BCUT2D eigenvalue weighted by Gasteiger charge is 2.56. The number of aliphatic hydroxyl groups is 2. The third kappa shape index (κ3) is 6.12. The molecule has 0 radical (unpaired) electrons. The number of nitrogens with one attached hydrogen (secondary N) is 2. The molecule has 8 nitrogen and oxygen atoms in total. The molecule has 0 heterocycles. The van der Waals surface area contributed by atoms with Crippen molar-refractivity contribution in [3.63, 3.8) is 0 Å². The van der Waals surface area contributed by atoms with E-state index >= 15 is 0 Å². The van der Waals surface area contributed by atoms with Crippen LogP contribution in [0.2, 0.25) is 0 Å². The second-order valence-corrected chi connectivity index (χ2v) is 13.3. The summed E-state index contributed by atoms with van der Waals surface area (Å²) >= 11 is 0. The van der Waals surface area contributed by atoms with Crippen LogP contribution in [0, 0.1) is 29.3 Å². The summed E-state index contributed by atoms with van der Waals surface area (Å²) in [4.78, 5) is 25.0. The molecule has 0 saturated heterocycles. The molecule has 2 bridgehead atoms. The zero-order chi connectivity index (χ0) is 28.8. The van der Waals surface area contributed by atoms with Crippen LogP contribution in [0.1, 0.15) is 56.3 Å². The quantitative estimate of drug-likeness (QED) is 0.361. The van der Waals surface area contributed by atoms with Crippen molar-refractivity contribution in [1.29, 1.82) is 0 Å². The fraction of sp³-hybridized carbons (Fsp3) is 0.481. The van der Waals surface area contributed by atoms with Crippen LogP contribution in [0.15, 0.2) is 41.3 Å². The zero-order valence-electron chi connectivity index (χ0n) is 21.5. The van der Waals surface area contributed by atoms with Crippen molar-refractivity contribution in [2.24, 2.45) is 11.8 Å². The molecule has 0 aromatic heterocycles. The molecule has 4 atom stereocenters. The highest BCUT2D eigenvalue weighted by atomic mass is 32.2. The van der Waals surface area contributed by atoms with Crippen molar-refractivity contribution in [1.82, 2.24) is 5.32 Å². The van der Waals surface area contributed by atoms with Gasteiger partial charge in [-0.3, -0.25) is 9.59 Å². The molecule has 0 spiro atoms. The van der Waals surface area contributed by atoms with E-state index in [0.717, 1.165) is 6.07 Å². The summed E-state index contributed by atoms with van der Waals surface area (Å²) in [7, 11) is -3.94. The van der Waals surface area contributed by atoms with E-state index in [9.17, 15) is 41.4 Å². The molecular formula is C27H31F3N2O6S. The minimum absolute atomic E-state index is 0.0171. The van der Waals surface area contributed by atoms with Gasteiger partial charge in [0.05, 0.1) is 27.8 Å². The molecule has 2 aliphatic rings. The third-order valence-electron chi connectivity index (χ3n) is 7.64. The number of amides is 2. The van der Waals surface area contributed by atoms with Gasteiger partial charge in [-0.25, -0.2) is 21.6 Å². The Morgan fingerprint density at radius 1 is 1.05 bits per heavy atom. The second-order valence-electron chi connectivity index (χ2n) is 11.1. The minimum Gasteiger partial charge on any atom is -0.389 e. The highest BCUT2D eigenvalue weighted by Crippen LogP contribution is 2.53. The lowest BCUT2D eigenvalue weighted by molar-refractivity contribution is -0.133. The van der Waals surface area contributed by atoms with Crippen molar-refractivity contribution >= 4 is 27.3 Å². The molecule has 39 heavy (non-hydrogen) atoms. The summed E-state index contributed by atoms with van der Waals surface area (Å²) in [5.74, 6) is -6.74. The van der Waals surface area contributed by atoms with Gasteiger partial charge >= 0.3 is 0 Å². The van der Waals surface area contributed by atoms with E-state index in [1.807, 2.05) is 0 Å². The summed E-state index contributed by atoms with van der Waals surface area (Å²) in [5, 5.41) is 25.2. The number of hydrogen-bond acceptors (Lipinski definition) is 6. The average Bonchev–Trinajstić information content (AvgIpc) is 3.01. The van der Waals surface area contributed by atoms with Crippen molar-refractivity contribution < 1.29 is 41.4 Å². The first-order chi connectivity index (χ1) is 18.1. The first kappa shape index (κ1) is 29.0. The number of carbonyl (C=O) groups excluding carboxylic acids is 2. The number of fused-ring (bicyclic) bond motifs is 2. The lowest BCUT2D eigenvalue weighted by atomic mass is 9.72. The van der Waals surface area contributed by atoms with Crippen molar-refractivity contribution in [3.8, 4) is 0 Å². The van der Waals surface area contributed by atoms with Gasteiger partial charge in [-0.15, -0.1) is 0 Å². The molecule has 2 fully saturated rings. The number of hydrogen-bond donors (Lipinski definition) is 4. The van der Waals surface area contributed by atoms with Gasteiger partial charge in [-0.05, 0) is 69.6 Å². The number of carbonyl (C=O) groups is 2. The van der Waals surface area contributed by atoms with Crippen LogP contribution in [0.3, 0.4) is 0 Å². The predicted molar refractivity (Wildman–Crippen MR) is 136 cm³/mol. The number of benzene rings is 2. The number of rotatable bonds is 8. The van der Waals surface area contributed by atoms with Crippen LogP contribution in [-0.4, -0.2) is 53.4 Å². The maximum atomic E-state index is 13.6. The molecular weight excluding hydrogens is 537 g/mol. The fourth-order valence-corrected chi connectivity index (χ4v) is 7.54. The van der Waals surface area contributed by atoms with Crippen LogP contribution in [0.5, 0.6) is 0 Å². The fourth-order valence-electron chi connectivity index (χ4n) is 5.62. The topological polar surface area (TPSA) is 133 Å². The number of anilines is 1. The molecule has 2 aromatic carbocycles. The van der Waals surface area contributed by atoms with Gasteiger partial charge in [0, 0.05) is 29.9 Å². The summed E-state index contributed by atoms with van der Waals surface area (Å²) in [6.45, 7) is 3.11. The van der Waals surface area contributed by atoms with Crippen LogP contribution in [0.4, 0.5) is 18.9 Å². The van der Waals surface area contributed by atoms with Crippen LogP contribution in [0.25, 0.3) is 0 Å². The normalized spacial score (nSPS) is 24.8. The molecule has 2 aromatic rings. The number of halogens is 3. The molecule has 3 unspecified atom stereocenters. The smallest absolute Gasteiger partial charge is 0.255 e. The Bertz CT molecular complexity index is 1360. The minimum atomic E-state index is -3.94. The summed E-state index contributed by atoms with van der Waals surface area (Å²) in [6.07, 6.45) is 1.22. The maximum absolute atomic E-state index is 13.6. The Labute approximate surface area is 224 Å². The third-order valence-corrected chi connectivity index (χ3v) is 9.81. The van der Waals surface area contributed by atoms with Gasteiger partial charge in [0.1, 0.15) is 0 Å². The molecule has 0 aliphatic heterocycles. The first-order valence-electron chi connectivity index (χ1n) is 12.6. The van der Waals surface area contributed by atoms with Gasteiger partial charge in [0.15, 0.2) is 27.3 Å². The van der Waals surface area contributed by atoms with Crippen molar-refractivity contribution in [3.05, 3.63) is 59.4 Å². The van der Waals surface area contributed by atoms with E-state index in [4.69, 9.17) is 0 Å². The Balaban J connectivity index is 1.47. The van der Waals surface area contributed by atoms with Crippen molar-refractivity contribution in [2.45, 2.75) is 67.3 Å². The SMILES string of the molecule is CC(C)(O)CNC(=O)CC1(O)C2CC[C@H]1CC(S(=O)(=O)c1cccc(C(=O)Nc3cc(F)c(F)c(F)c3)c1)C2. The van der Waals surface area contributed by atoms with Gasteiger partial charge in [-0.2, -0.15) is 0 Å². The number of sulfone groups is 1. The largest absolute Gasteiger partial charge is 0.389 e. The highest BCUT2D eigenvalue weighted by molar-refractivity contribution is 7.92. The monoisotopic (exact) mass is 568 g/mol. The molecule has 212 valence electrons. The predicted octanol–water partition coefficient (Wildman–Crippen LogP) is 3.33. The van der Waals surface area contributed by atoms with Gasteiger partial charge in [-0.1, -0.05) is 6.07 Å². The first-order valence-corrected chi connectivity index (χ1v) is 14.2. The summed E-state index contributed by atoms with van der Waals surface area (Å²) in [6, 6.07) is 6.43. The summed E-state index contributed by atoms with van der Waals surface area (Å²) in [5.41, 5.74) is -2.88. The zero-order valence-corrected chi connectivity index (χ0v) is 22.3. The van der Waals surface area contributed by atoms with E-state index in [2.05, 4.69) is 10.6 Å². The lowest BCUT2D eigenvalue weighted by Crippen LogP contribution is -2.51. The van der Waals surface area contributed by atoms with Gasteiger partial charge < -0.3 is 20.8 Å². The molecule has 2 amide bonds. The van der Waals surface area contributed by atoms with E-state index in [-0.39, 0.29) is 42.0 Å². The summed E-state index contributed by atoms with van der Waals surface area (Å²) < 4.78 is 67.3. The van der Waals surface area contributed by atoms with Gasteiger partial charge in [0.25, 0.3) is 5.91 Å². The molecule has 12 heteroatoms. The van der Waals surface area contributed by atoms with Crippen LogP contribution in [-0.2, 0) is 14.6 Å².